The Kier molecular flexibility index (Phi) is 7.17. The van der Waals surface area contributed by atoms with Crippen molar-refractivity contribution >= 4 is 18.3 Å². The van der Waals surface area contributed by atoms with Gasteiger partial charge in [0.05, 0.1) is 0 Å². The molecule has 0 spiro atoms. The van der Waals surface area contributed by atoms with Gasteiger partial charge in [-0.25, -0.2) is 0 Å². The zero-order chi connectivity index (χ0) is 15.3. The van der Waals surface area contributed by atoms with Gasteiger partial charge in [0.2, 0.25) is 0 Å². The quantitative estimate of drug-likeness (QED) is 0.894. The maximum Gasteiger partial charge on any atom is 0.258 e. The van der Waals surface area contributed by atoms with Crippen LogP contribution >= 0.6 is 12.4 Å². The highest BCUT2D eigenvalue weighted by molar-refractivity contribution is 5.85. The van der Waals surface area contributed by atoms with Gasteiger partial charge in [-0.15, -0.1) is 12.4 Å². The lowest BCUT2D eigenvalue weighted by atomic mass is 9.87. The minimum Gasteiger partial charge on any atom is -0.484 e. The smallest absolute Gasteiger partial charge is 0.258 e. The van der Waals surface area contributed by atoms with Gasteiger partial charge in [-0.05, 0) is 49.0 Å². The van der Waals surface area contributed by atoms with Crippen LogP contribution in [0.3, 0.4) is 0 Å². The molecule has 0 saturated carbocycles. The zero-order valence-corrected chi connectivity index (χ0v) is 14.5. The van der Waals surface area contributed by atoms with Crippen molar-refractivity contribution in [1.29, 1.82) is 0 Å². The summed E-state index contributed by atoms with van der Waals surface area (Å²) in [6.07, 6.45) is 1.98. The number of rotatable bonds is 4. The largest absolute Gasteiger partial charge is 0.484 e. The molecule has 2 N–H and O–H groups in total. The first-order chi connectivity index (χ1) is 9.95. The first kappa shape index (κ1) is 18.8. The Bertz CT molecular complexity index is 463. The molecule has 0 unspecified atom stereocenters. The highest BCUT2D eigenvalue weighted by Crippen LogP contribution is 2.24. The number of carbonyl (C=O) groups is 1. The zero-order valence-electron chi connectivity index (χ0n) is 13.6. The first-order valence-electron chi connectivity index (χ1n) is 7.68. The van der Waals surface area contributed by atoms with Gasteiger partial charge in [-0.1, -0.05) is 32.9 Å². The third-order valence-electron chi connectivity index (χ3n) is 3.79. The van der Waals surface area contributed by atoms with E-state index in [-0.39, 0.29) is 36.4 Å². The van der Waals surface area contributed by atoms with Crippen molar-refractivity contribution in [3.63, 3.8) is 0 Å². The number of nitrogens with one attached hydrogen (secondary N) is 2. The van der Waals surface area contributed by atoms with Crippen LogP contribution in [-0.2, 0) is 10.2 Å². The van der Waals surface area contributed by atoms with Crippen molar-refractivity contribution in [1.82, 2.24) is 10.6 Å². The van der Waals surface area contributed by atoms with Crippen molar-refractivity contribution in [2.75, 3.05) is 19.7 Å². The Labute approximate surface area is 139 Å². The van der Waals surface area contributed by atoms with Crippen LogP contribution in [0.15, 0.2) is 24.3 Å². The molecule has 1 fully saturated rings. The highest BCUT2D eigenvalue weighted by Gasteiger charge is 2.16. The lowest BCUT2D eigenvalue weighted by Gasteiger charge is -2.23. The Morgan fingerprint density at radius 2 is 1.82 bits per heavy atom. The van der Waals surface area contributed by atoms with E-state index in [2.05, 4.69) is 43.5 Å². The maximum atomic E-state index is 11.9. The van der Waals surface area contributed by atoms with E-state index in [0.29, 0.717) is 0 Å². The van der Waals surface area contributed by atoms with Crippen LogP contribution in [-0.4, -0.2) is 31.6 Å². The SMILES string of the molecule is CC(C)(C)c1ccc(OCC(=O)NC2CCNCC2)cc1.Cl. The molecule has 1 saturated heterocycles. The summed E-state index contributed by atoms with van der Waals surface area (Å²) in [4.78, 5) is 11.9. The van der Waals surface area contributed by atoms with E-state index in [9.17, 15) is 4.79 Å². The average molecular weight is 327 g/mol. The summed E-state index contributed by atoms with van der Waals surface area (Å²) < 4.78 is 5.55. The monoisotopic (exact) mass is 326 g/mol. The van der Waals surface area contributed by atoms with Crippen molar-refractivity contribution in [3.05, 3.63) is 29.8 Å². The molecule has 0 bridgehead atoms. The summed E-state index contributed by atoms with van der Waals surface area (Å²) in [7, 11) is 0. The lowest BCUT2D eigenvalue weighted by Crippen LogP contribution is -2.44. The second-order valence-electron chi connectivity index (χ2n) is 6.65. The minimum atomic E-state index is -0.0400. The first-order valence-corrected chi connectivity index (χ1v) is 7.68. The third kappa shape index (κ3) is 5.85. The molecule has 124 valence electrons. The van der Waals surface area contributed by atoms with Crippen LogP contribution in [0.25, 0.3) is 0 Å². The normalized spacial score (nSPS) is 15.8. The minimum absolute atomic E-state index is 0. The van der Waals surface area contributed by atoms with Gasteiger partial charge >= 0.3 is 0 Å². The Balaban J connectivity index is 0.00000242. The fraction of sp³-hybridized carbons (Fsp3) is 0.588. The van der Waals surface area contributed by atoms with Gasteiger partial charge in [-0.3, -0.25) is 4.79 Å². The molecule has 0 atom stereocenters. The average Bonchev–Trinajstić information content (AvgIpc) is 2.46. The third-order valence-corrected chi connectivity index (χ3v) is 3.79. The van der Waals surface area contributed by atoms with Crippen LogP contribution in [0.1, 0.15) is 39.2 Å². The number of hydrogen-bond donors (Lipinski definition) is 2. The van der Waals surface area contributed by atoms with Gasteiger partial charge in [0.1, 0.15) is 5.75 Å². The molecule has 1 heterocycles. The summed E-state index contributed by atoms with van der Waals surface area (Å²) in [5.74, 6) is 0.699. The van der Waals surface area contributed by atoms with Crippen molar-refractivity contribution in [2.45, 2.75) is 45.1 Å². The molecular formula is C17H27ClN2O2. The number of carbonyl (C=O) groups excluding carboxylic acids is 1. The van der Waals surface area contributed by atoms with E-state index in [4.69, 9.17) is 4.74 Å². The second-order valence-corrected chi connectivity index (χ2v) is 6.65. The molecule has 4 nitrogen and oxygen atoms in total. The van der Waals surface area contributed by atoms with Crippen LogP contribution in [0, 0.1) is 0 Å². The molecule has 1 aliphatic rings. The molecular weight excluding hydrogens is 300 g/mol. The Morgan fingerprint density at radius 3 is 2.36 bits per heavy atom. The number of ether oxygens (including phenoxy) is 1. The summed E-state index contributed by atoms with van der Waals surface area (Å²) in [5, 5.41) is 6.30. The van der Waals surface area contributed by atoms with Gasteiger partial charge in [0.15, 0.2) is 6.61 Å². The van der Waals surface area contributed by atoms with Gasteiger partial charge in [0, 0.05) is 6.04 Å². The second kappa shape index (κ2) is 8.39. The van der Waals surface area contributed by atoms with Crippen molar-refractivity contribution in [2.24, 2.45) is 0 Å². The molecule has 1 aromatic rings. The summed E-state index contributed by atoms with van der Waals surface area (Å²) in [5.41, 5.74) is 1.39. The summed E-state index contributed by atoms with van der Waals surface area (Å²) in [6.45, 7) is 8.55. The number of amides is 1. The molecule has 1 amide bonds. The molecule has 5 heteroatoms. The predicted octanol–water partition coefficient (Wildman–Crippen LogP) is 2.65. The Hall–Kier alpha value is -1.26. The highest BCUT2D eigenvalue weighted by atomic mass is 35.5. The van der Waals surface area contributed by atoms with Crippen molar-refractivity contribution in [3.8, 4) is 5.75 Å². The van der Waals surface area contributed by atoms with E-state index in [0.717, 1.165) is 31.7 Å². The van der Waals surface area contributed by atoms with E-state index in [1.54, 1.807) is 0 Å². The number of halogens is 1. The van der Waals surface area contributed by atoms with Crippen LogP contribution in [0.2, 0.25) is 0 Å². The van der Waals surface area contributed by atoms with Gasteiger partial charge in [-0.2, -0.15) is 0 Å². The van der Waals surface area contributed by atoms with E-state index >= 15 is 0 Å². The topological polar surface area (TPSA) is 50.4 Å². The molecule has 1 aliphatic heterocycles. The van der Waals surface area contributed by atoms with Crippen LogP contribution < -0.4 is 15.4 Å². The van der Waals surface area contributed by atoms with E-state index < -0.39 is 0 Å². The van der Waals surface area contributed by atoms with E-state index in [1.165, 1.54) is 5.56 Å². The molecule has 0 aliphatic carbocycles. The van der Waals surface area contributed by atoms with Crippen LogP contribution in [0.5, 0.6) is 5.75 Å². The number of hydrogen-bond acceptors (Lipinski definition) is 3. The summed E-state index contributed by atoms with van der Waals surface area (Å²) >= 11 is 0. The predicted molar refractivity (Wildman–Crippen MR) is 91.9 cm³/mol. The van der Waals surface area contributed by atoms with Crippen LogP contribution in [0.4, 0.5) is 0 Å². The summed E-state index contributed by atoms with van der Waals surface area (Å²) in [6, 6.07) is 8.25. The standard InChI is InChI=1S/C17H26N2O2.ClH/c1-17(2,3)13-4-6-15(7-5-13)21-12-16(20)19-14-8-10-18-11-9-14;/h4-7,14,18H,8-12H2,1-3H3,(H,19,20);1H. The molecule has 0 radical (unpaired) electrons. The number of benzene rings is 1. The van der Waals surface area contributed by atoms with Crippen molar-refractivity contribution < 1.29 is 9.53 Å². The fourth-order valence-electron chi connectivity index (χ4n) is 2.44. The molecule has 2 rings (SSSR count). The lowest BCUT2D eigenvalue weighted by molar-refractivity contribution is -0.123. The fourth-order valence-corrected chi connectivity index (χ4v) is 2.44. The molecule has 1 aromatic carbocycles. The number of piperidine rings is 1. The van der Waals surface area contributed by atoms with Gasteiger partial charge < -0.3 is 15.4 Å². The molecule has 0 aromatic heterocycles. The van der Waals surface area contributed by atoms with Gasteiger partial charge in [0.25, 0.3) is 5.91 Å². The van der Waals surface area contributed by atoms with E-state index in [1.807, 2.05) is 12.1 Å². The maximum absolute atomic E-state index is 11.9. The molecule has 22 heavy (non-hydrogen) atoms. The Morgan fingerprint density at radius 1 is 1.23 bits per heavy atom.